The summed E-state index contributed by atoms with van der Waals surface area (Å²) in [7, 11) is 3.20. The lowest BCUT2D eigenvalue weighted by molar-refractivity contribution is -0.384. The molecule has 1 N–H and O–H groups in total. The van der Waals surface area contributed by atoms with Crippen molar-refractivity contribution in [2.24, 2.45) is 5.10 Å². The highest BCUT2D eigenvalue weighted by molar-refractivity contribution is 7.14. The van der Waals surface area contributed by atoms with E-state index < -0.39 is 4.92 Å². The summed E-state index contributed by atoms with van der Waals surface area (Å²) in [6.45, 7) is 1.77. The van der Waals surface area contributed by atoms with Gasteiger partial charge in [0, 0.05) is 28.6 Å². The minimum Gasteiger partial charge on any atom is -0.497 e. The van der Waals surface area contributed by atoms with Crippen LogP contribution in [0.1, 0.15) is 12.5 Å². The van der Waals surface area contributed by atoms with Crippen LogP contribution >= 0.6 is 11.3 Å². The molecule has 144 valence electrons. The molecule has 0 aliphatic rings. The Bertz CT molecular complexity index is 1030. The number of ether oxygens (including phenoxy) is 2. The first-order valence-corrected chi connectivity index (χ1v) is 9.13. The Labute approximate surface area is 165 Å². The normalized spacial score (nSPS) is 11.2. The van der Waals surface area contributed by atoms with Crippen LogP contribution in [0.15, 0.2) is 52.9 Å². The largest absolute Gasteiger partial charge is 0.497 e. The number of nitrogens with zero attached hydrogens (tertiary/aromatic N) is 3. The zero-order valence-electron chi connectivity index (χ0n) is 15.5. The molecule has 9 heteroatoms. The highest BCUT2D eigenvalue weighted by Crippen LogP contribution is 2.35. The van der Waals surface area contributed by atoms with Crippen LogP contribution in [0.4, 0.5) is 10.8 Å². The number of nitro benzene ring substituents is 1. The molecule has 0 fully saturated rings. The number of thiazole rings is 1. The molecule has 0 unspecified atom stereocenters. The van der Waals surface area contributed by atoms with Crippen molar-refractivity contribution in [1.82, 2.24) is 4.98 Å². The Morgan fingerprint density at radius 2 is 2.04 bits per heavy atom. The predicted molar refractivity (Wildman–Crippen MR) is 110 cm³/mol. The van der Waals surface area contributed by atoms with E-state index in [1.54, 1.807) is 33.3 Å². The average Bonchev–Trinajstić information content (AvgIpc) is 3.20. The van der Waals surface area contributed by atoms with Gasteiger partial charge in [-0.1, -0.05) is 12.1 Å². The van der Waals surface area contributed by atoms with Crippen LogP contribution in [0.3, 0.4) is 0 Å². The highest BCUT2D eigenvalue weighted by Gasteiger charge is 2.12. The average molecular weight is 398 g/mol. The number of aromatic nitrogens is 1. The molecule has 0 saturated heterocycles. The van der Waals surface area contributed by atoms with Crippen LogP contribution in [0.2, 0.25) is 0 Å². The van der Waals surface area contributed by atoms with E-state index in [9.17, 15) is 10.1 Å². The molecule has 0 atom stereocenters. The minimum absolute atomic E-state index is 0.0219. The second kappa shape index (κ2) is 8.49. The smallest absolute Gasteiger partial charge is 0.270 e. The van der Waals surface area contributed by atoms with Gasteiger partial charge in [-0.2, -0.15) is 5.10 Å². The van der Waals surface area contributed by atoms with Gasteiger partial charge in [0.1, 0.15) is 11.5 Å². The van der Waals surface area contributed by atoms with E-state index in [4.69, 9.17) is 9.47 Å². The zero-order valence-corrected chi connectivity index (χ0v) is 16.3. The van der Waals surface area contributed by atoms with E-state index in [0.29, 0.717) is 27.9 Å². The van der Waals surface area contributed by atoms with E-state index in [1.165, 1.54) is 23.5 Å². The van der Waals surface area contributed by atoms with Crippen LogP contribution in [-0.2, 0) is 0 Å². The van der Waals surface area contributed by atoms with E-state index in [-0.39, 0.29) is 5.69 Å². The lowest BCUT2D eigenvalue weighted by Crippen LogP contribution is -2.00. The van der Waals surface area contributed by atoms with Crippen LogP contribution in [0.5, 0.6) is 11.5 Å². The Kier molecular flexibility index (Phi) is 5.85. The molecule has 1 heterocycles. The summed E-state index contributed by atoms with van der Waals surface area (Å²) in [6.07, 6.45) is 0. The SMILES string of the molecule is COc1ccc(OC)c(-c2csc(N/N=C(/C)c3cccc([N+](=O)[O-])c3)n2)c1. The summed E-state index contributed by atoms with van der Waals surface area (Å²) >= 11 is 1.39. The van der Waals surface area contributed by atoms with Crippen molar-refractivity contribution in [2.75, 3.05) is 19.6 Å². The number of hydrazone groups is 1. The molecule has 0 aliphatic heterocycles. The quantitative estimate of drug-likeness (QED) is 0.355. The number of hydrogen-bond acceptors (Lipinski definition) is 8. The molecule has 0 amide bonds. The third-order valence-electron chi connectivity index (χ3n) is 3.98. The monoisotopic (exact) mass is 398 g/mol. The van der Waals surface area contributed by atoms with E-state index in [1.807, 2.05) is 23.6 Å². The molecule has 8 nitrogen and oxygen atoms in total. The number of nitrogens with one attached hydrogen (secondary N) is 1. The van der Waals surface area contributed by atoms with Gasteiger partial charge >= 0.3 is 0 Å². The van der Waals surface area contributed by atoms with E-state index >= 15 is 0 Å². The second-order valence-electron chi connectivity index (χ2n) is 5.72. The van der Waals surface area contributed by atoms with Gasteiger partial charge in [-0.25, -0.2) is 4.98 Å². The van der Waals surface area contributed by atoms with Crippen LogP contribution in [0.25, 0.3) is 11.3 Å². The topological polar surface area (TPSA) is 98.9 Å². The van der Waals surface area contributed by atoms with Gasteiger partial charge in [-0.15, -0.1) is 11.3 Å². The van der Waals surface area contributed by atoms with Gasteiger partial charge in [-0.05, 0) is 25.1 Å². The molecule has 0 bridgehead atoms. The molecule has 3 aromatic rings. The molecule has 0 radical (unpaired) electrons. The first kappa shape index (κ1) is 19.3. The summed E-state index contributed by atoms with van der Waals surface area (Å²) in [5.74, 6) is 1.40. The lowest BCUT2D eigenvalue weighted by Gasteiger charge is -2.08. The molecule has 0 aliphatic carbocycles. The van der Waals surface area contributed by atoms with Crippen molar-refractivity contribution in [3.8, 4) is 22.8 Å². The Morgan fingerprint density at radius 1 is 1.21 bits per heavy atom. The minimum atomic E-state index is -0.432. The molecule has 2 aromatic carbocycles. The van der Waals surface area contributed by atoms with E-state index in [2.05, 4.69) is 15.5 Å². The summed E-state index contributed by atoms with van der Waals surface area (Å²) in [4.78, 5) is 15.0. The maximum absolute atomic E-state index is 10.9. The van der Waals surface area contributed by atoms with Crippen LogP contribution < -0.4 is 14.9 Å². The first-order valence-electron chi connectivity index (χ1n) is 8.25. The summed E-state index contributed by atoms with van der Waals surface area (Å²) in [6, 6.07) is 11.8. The first-order chi connectivity index (χ1) is 13.5. The van der Waals surface area contributed by atoms with Gasteiger partial charge < -0.3 is 9.47 Å². The van der Waals surface area contributed by atoms with Crippen molar-refractivity contribution < 1.29 is 14.4 Å². The number of nitro groups is 1. The van der Waals surface area contributed by atoms with Crippen molar-refractivity contribution in [3.05, 3.63) is 63.5 Å². The fourth-order valence-corrected chi connectivity index (χ4v) is 3.16. The van der Waals surface area contributed by atoms with Crippen molar-refractivity contribution >= 4 is 27.9 Å². The second-order valence-corrected chi connectivity index (χ2v) is 6.58. The van der Waals surface area contributed by atoms with Gasteiger partial charge in [0.2, 0.25) is 5.13 Å². The van der Waals surface area contributed by atoms with E-state index in [0.717, 1.165) is 11.3 Å². The summed E-state index contributed by atoms with van der Waals surface area (Å²) < 4.78 is 10.7. The third kappa shape index (κ3) is 4.26. The molecule has 0 spiro atoms. The standard InChI is InChI=1S/C19H18N4O4S/c1-12(13-5-4-6-14(9-13)23(24)25)21-22-19-20-17(11-28-19)16-10-15(26-2)7-8-18(16)27-3/h4-11H,1-3H3,(H,20,22)/b21-12-. The zero-order chi connectivity index (χ0) is 20.1. The fraction of sp³-hybridized carbons (Fsp3) is 0.158. The van der Waals surface area contributed by atoms with Crippen molar-refractivity contribution in [3.63, 3.8) is 0 Å². The van der Waals surface area contributed by atoms with Gasteiger partial charge in [0.05, 0.1) is 30.5 Å². The predicted octanol–water partition coefficient (Wildman–Crippen LogP) is 4.57. The molecule has 3 rings (SSSR count). The molecular formula is C19H18N4O4S. The molecule has 0 saturated carbocycles. The Balaban J connectivity index is 1.81. The molecule has 28 heavy (non-hydrogen) atoms. The van der Waals surface area contributed by atoms with Gasteiger partial charge in [0.15, 0.2) is 0 Å². The number of non-ortho nitro benzene ring substituents is 1. The maximum Gasteiger partial charge on any atom is 0.270 e. The highest BCUT2D eigenvalue weighted by atomic mass is 32.1. The summed E-state index contributed by atoms with van der Waals surface area (Å²) in [5, 5.41) is 17.7. The number of methoxy groups -OCH3 is 2. The fourth-order valence-electron chi connectivity index (χ4n) is 2.50. The van der Waals surface area contributed by atoms with Crippen LogP contribution in [0, 0.1) is 10.1 Å². The van der Waals surface area contributed by atoms with Gasteiger partial charge in [0.25, 0.3) is 5.69 Å². The number of anilines is 1. The lowest BCUT2D eigenvalue weighted by atomic mass is 10.1. The Hall–Kier alpha value is -3.46. The number of hydrogen-bond donors (Lipinski definition) is 1. The Morgan fingerprint density at radius 3 is 2.75 bits per heavy atom. The summed E-state index contributed by atoms with van der Waals surface area (Å²) in [5.41, 5.74) is 5.73. The van der Waals surface area contributed by atoms with Crippen molar-refractivity contribution in [1.29, 1.82) is 0 Å². The molecular weight excluding hydrogens is 380 g/mol. The number of rotatable bonds is 7. The van der Waals surface area contributed by atoms with Crippen molar-refractivity contribution in [2.45, 2.75) is 6.92 Å². The van der Waals surface area contributed by atoms with Crippen LogP contribution in [-0.4, -0.2) is 29.8 Å². The molecule has 1 aromatic heterocycles. The third-order valence-corrected chi connectivity index (χ3v) is 4.73. The van der Waals surface area contributed by atoms with Gasteiger partial charge in [-0.3, -0.25) is 15.5 Å². The maximum atomic E-state index is 10.9. The number of benzene rings is 2.